The number of ketones is 1. The van der Waals surface area contributed by atoms with Crippen LogP contribution in [-0.4, -0.2) is 28.4 Å². The molecule has 1 amide bonds. The summed E-state index contributed by atoms with van der Waals surface area (Å²) >= 11 is 0. The maximum atomic E-state index is 13.1. The van der Waals surface area contributed by atoms with Gasteiger partial charge in [0.15, 0.2) is 6.10 Å². The van der Waals surface area contributed by atoms with Crippen LogP contribution >= 0.6 is 0 Å². The molecule has 6 nitrogen and oxygen atoms in total. The van der Waals surface area contributed by atoms with E-state index in [1.54, 1.807) is 0 Å². The first-order valence-electron chi connectivity index (χ1n) is 11.4. The topological polar surface area (TPSA) is 91.8 Å². The highest BCUT2D eigenvalue weighted by Crippen LogP contribution is 2.45. The van der Waals surface area contributed by atoms with Crippen LogP contribution in [0.25, 0.3) is 27.4 Å². The lowest BCUT2D eigenvalue weighted by Crippen LogP contribution is -2.45. The van der Waals surface area contributed by atoms with E-state index >= 15 is 0 Å². The van der Waals surface area contributed by atoms with E-state index in [1.165, 1.54) is 6.92 Å². The Morgan fingerprint density at radius 1 is 0.886 bits per heavy atom. The van der Waals surface area contributed by atoms with Crippen molar-refractivity contribution in [3.8, 4) is 11.1 Å². The zero-order valence-corrected chi connectivity index (χ0v) is 19.1. The van der Waals surface area contributed by atoms with Crippen LogP contribution in [0.3, 0.4) is 0 Å². The van der Waals surface area contributed by atoms with Crippen LogP contribution in [0, 0.1) is 0 Å². The summed E-state index contributed by atoms with van der Waals surface area (Å²) in [6.07, 6.45) is -1.07. The van der Waals surface area contributed by atoms with Gasteiger partial charge in [-0.25, -0.2) is 4.79 Å². The van der Waals surface area contributed by atoms with Gasteiger partial charge in [-0.1, -0.05) is 91.0 Å². The molecule has 0 aliphatic heterocycles. The summed E-state index contributed by atoms with van der Waals surface area (Å²) in [5.41, 5.74) is 13.8. The Bertz CT molecular complexity index is 1450. The highest BCUT2D eigenvalue weighted by Gasteiger charge is 2.33. The fourth-order valence-corrected chi connectivity index (χ4v) is 4.72. The molecule has 6 heteroatoms. The largest absolute Gasteiger partial charge is 0.436 e. The number of fused-ring (bicyclic) bond motifs is 4. The predicted octanol–water partition coefficient (Wildman–Crippen LogP) is 5.51. The van der Waals surface area contributed by atoms with Crippen LogP contribution in [0.5, 0.6) is 0 Å². The molecule has 1 aliphatic carbocycles. The molecule has 0 heterocycles. The Hall–Kier alpha value is -4.54. The van der Waals surface area contributed by atoms with Crippen LogP contribution in [0.15, 0.2) is 91.0 Å². The Labute approximate surface area is 202 Å². The average Bonchev–Trinajstić information content (AvgIpc) is 3.21. The molecule has 0 unspecified atom stereocenters. The number of alkyl carbamates (subject to hydrolysis) is 1. The summed E-state index contributed by atoms with van der Waals surface area (Å²) in [4.78, 5) is 29.2. The van der Waals surface area contributed by atoms with Gasteiger partial charge in [-0.3, -0.25) is 4.79 Å². The van der Waals surface area contributed by atoms with Crippen molar-refractivity contribution in [2.45, 2.75) is 25.5 Å². The molecule has 0 spiro atoms. The third-order valence-corrected chi connectivity index (χ3v) is 6.42. The molecule has 0 bridgehead atoms. The smallest absolute Gasteiger partial charge is 0.408 e. The monoisotopic (exact) mass is 461 g/mol. The minimum Gasteiger partial charge on any atom is -0.436 e. The summed E-state index contributed by atoms with van der Waals surface area (Å²) in [5, 5.41) is 4.75. The van der Waals surface area contributed by atoms with Crippen molar-refractivity contribution in [3.05, 3.63) is 113 Å². The minimum atomic E-state index is -0.962. The van der Waals surface area contributed by atoms with Gasteiger partial charge in [-0.15, -0.1) is 0 Å². The van der Waals surface area contributed by atoms with Crippen LogP contribution in [-0.2, 0) is 16.0 Å². The van der Waals surface area contributed by atoms with Crippen molar-refractivity contribution in [3.63, 3.8) is 0 Å². The Balaban J connectivity index is 1.43. The van der Waals surface area contributed by atoms with Crippen LogP contribution < -0.4 is 5.32 Å². The van der Waals surface area contributed by atoms with E-state index in [0.717, 1.165) is 38.6 Å². The van der Waals surface area contributed by atoms with Crippen molar-refractivity contribution in [1.29, 1.82) is 0 Å². The minimum absolute atomic E-state index is 0.0907. The molecule has 5 rings (SSSR count). The zero-order valence-electron chi connectivity index (χ0n) is 19.1. The highest BCUT2D eigenvalue weighted by molar-refractivity contribution is 6.38. The normalized spacial score (nSPS) is 12.8. The Morgan fingerprint density at radius 2 is 1.49 bits per heavy atom. The first kappa shape index (κ1) is 22.3. The number of nitrogens with one attached hydrogen (secondary N) is 1. The Morgan fingerprint density at radius 3 is 2.17 bits per heavy atom. The van der Waals surface area contributed by atoms with Crippen molar-refractivity contribution in [2.24, 2.45) is 0 Å². The lowest BCUT2D eigenvalue weighted by molar-refractivity contribution is -0.119. The lowest BCUT2D eigenvalue weighted by atomic mass is 9.96. The summed E-state index contributed by atoms with van der Waals surface area (Å²) < 4.78 is 5.88. The van der Waals surface area contributed by atoms with Crippen molar-refractivity contribution < 1.29 is 19.1 Å². The van der Waals surface area contributed by atoms with Crippen LogP contribution in [0.2, 0.25) is 0 Å². The molecule has 172 valence electrons. The molecule has 1 N–H and O–H groups in total. The van der Waals surface area contributed by atoms with E-state index < -0.39 is 24.0 Å². The van der Waals surface area contributed by atoms with Crippen molar-refractivity contribution in [2.75, 3.05) is 0 Å². The number of hydrogen-bond acceptors (Lipinski definition) is 3. The van der Waals surface area contributed by atoms with Gasteiger partial charge in [0.05, 0.1) is 0 Å². The summed E-state index contributed by atoms with van der Waals surface area (Å²) in [6.45, 7) is 1.41. The van der Waals surface area contributed by atoms with E-state index in [2.05, 4.69) is 10.1 Å². The number of carbonyl (C=O) groups excluding carboxylic acids is 2. The number of ether oxygens (including phenoxy) is 1. The van der Waals surface area contributed by atoms with Gasteiger partial charge in [-0.2, -0.15) is 4.79 Å². The molecule has 0 fully saturated rings. The van der Waals surface area contributed by atoms with E-state index in [9.17, 15) is 15.1 Å². The van der Waals surface area contributed by atoms with E-state index in [4.69, 9.17) is 4.74 Å². The van der Waals surface area contributed by atoms with Gasteiger partial charge in [-0.05, 0) is 27.5 Å². The SMILES string of the molecule is CC(=[N+]=[N-])C(=O)[C@H](Cc1cccc2ccccc12)NC(=O)OC1c2ccccc2-c2ccccc21. The highest BCUT2D eigenvalue weighted by atomic mass is 16.6. The molecule has 0 saturated heterocycles. The summed E-state index contributed by atoms with van der Waals surface area (Å²) in [5.74, 6) is -0.482. The van der Waals surface area contributed by atoms with Gasteiger partial charge in [0.1, 0.15) is 6.04 Å². The van der Waals surface area contributed by atoms with E-state index in [1.807, 2.05) is 91.0 Å². The van der Waals surface area contributed by atoms with E-state index in [-0.39, 0.29) is 12.1 Å². The number of hydrogen-bond donors (Lipinski definition) is 1. The van der Waals surface area contributed by atoms with Gasteiger partial charge >= 0.3 is 11.8 Å². The third-order valence-electron chi connectivity index (χ3n) is 6.42. The van der Waals surface area contributed by atoms with E-state index in [0.29, 0.717) is 0 Å². The van der Waals surface area contributed by atoms with Crippen molar-refractivity contribution in [1.82, 2.24) is 5.32 Å². The average molecular weight is 462 g/mol. The fourth-order valence-electron chi connectivity index (χ4n) is 4.72. The second-order valence-electron chi connectivity index (χ2n) is 8.55. The fraction of sp³-hybridized carbons (Fsp3) is 0.138. The molecule has 4 aromatic carbocycles. The predicted molar refractivity (Wildman–Crippen MR) is 134 cm³/mol. The molecule has 0 aromatic heterocycles. The van der Waals surface area contributed by atoms with Crippen LogP contribution in [0.1, 0.15) is 29.7 Å². The molecule has 1 aliphatic rings. The van der Waals surface area contributed by atoms with Gasteiger partial charge in [0.2, 0.25) is 0 Å². The molecule has 0 radical (unpaired) electrons. The second kappa shape index (κ2) is 9.37. The molecule has 35 heavy (non-hydrogen) atoms. The Kier molecular flexibility index (Phi) is 5.96. The van der Waals surface area contributed by atoms with Crippen molar-refractivity contribution >= 4 is 28.4 Å². The standard InChI is InChI=1S/C29H23N3O3/c1-18(32-30)27(33)26(17-20-11-8-10-19-9-2-3-12-21(19)20)31-29(34)35-28-24-15-6-4-13-22(24)23-14-5-7-16-25(23)28/h2-16,26,28H,17H2,1H3,(H,31,34)/t26-/m0/s1. The maximum Gasteiger partial charge on any atom is 0.408 e. The quantitative estimate of drug-likeness (QED) is 0.233. The first-order chi connectivity index (χ1) is 17.1. The zero-order chi connectivity index (χ0) is 24.4. The number of rotatable bonds is 6. The first-order valence-corrected chi connectivity index (χ1v) is 11.4. The number of benzene rings is 4. The number of nitrogens with zero attached hydrogens (tertiary/aromatic N) is 2. The number of Topliss-reactive ketones (excluding diaryl/α,β-unsaturated/α-hetero) is 1. The third kappa shape index (κ3) is 4.23. The maximum absolute atomic E-state index is 13.1. The molecule has 0 saturated carbocycles. The number of carbonyl (C=O) groups is 2. The molecular weight excluding hydrogens is 438 g/mol. The second-order valence-corrected chi connectivity index (χ2v) is 8.55. The molecule has 1 atom stereocenters. The summed E-state index contributed by atoms with van der Waals surface area (Å²) in [7, 11) is 0. The summed E-state index contributed by atoms with van der Waals surface area (Å²) in [6, 6.07) is 28.3. The number of amides is 1. The van der Waals surface area contributed by atoms with Gasteiger partial charge < -0.3 is 15.6 Å². The van der Waals surface area contributed by atoms with Gasteiger partial charge in [0, 0.05) is 24.5 Å². The van der Waals surface area contributed by atoms with Crippen LogP contribution in [0.4, 0.5) is 4.79 Å². The molecule has 4 aromatic rings. The van der Waals surface area contributed by atoms with Gasteiger partial charge in [0.25, 0.3) is 5.78 Å². The molecular formula is C29H23N3O3. The lowest BCUT2D eigenvalue weighted by Gasteiger charge is -2.20.